The Labute approximate surface area is 466 Å². The molecular weight excluding hydrogens is 1060 g/mol. The lowest BCUT2D eigenvalue weighted by atomic mass is 10.1. The average molecular weight is 1120 g/mol. The van der Waals surface area contributed by atoms with Gasteiger partial charge in [0.25, 0.3) is 22.9 Å². The monoisotopic (exact) mass is 1120 g/mol. The zero-order valence-electron chi connectivity index (χ0n) is 45.4. The number of amides is 2. The number of para-hydroxylation sites is 1. The summed E-state index contributed by atoms with van der Waals surface area (Å²) in [6.07, 6.45) is 3.46. The van der Waals surface area contributed by atoms with E-state index in [2.05, 4.69) is 20.6 Å². The van der Waals surface area contributed by atoms with Gasteiger partial charge >= 0.3 is 0 Å². The highest BCUT2D eigenvalue weighted by Crippen LogP contribution is 2.34. The molecule has 0 spiro atoms. The first-order valence-electron chi connectivity index (χ1n) is 25.4. The van der Waals surface area contributed by atoms with Gasteiger partial charge in [-0.25, -0.2) is 23.1 Å². The van der Waals surface area contributed by atoms with Crippen molar-refractivity contribution in [1.82, 2.24) is 28.7 Å². The van der Waals surface area contributed by atoms with E-state index in [0.29, 0.717) is 67.6 Å². The number of aliphatic hydroxyl groups excluding tert-OH is 1. The first-order chi connectivity index (χ1) is 39.2. The van der Waals surface area contributed by atoms with Gasteiger partial charge in [-0.05, 0) is 126 Å². The number of benzene rings is 5. The molecule has 5 aromatic carbocycles. The molecule has 82 heavy (non-hydrogen) atoms. The number of anilines is 2. The van der Waals surface area contributed by atoms with Gasteiger partial charge in [0, 0.05) is 35.5 Å². The lowest BCUT2D eigenvalue weighted by molar-refractivity contribution is -0.577. The minimum absolute atomic E-state index is 0.00284. The van der Waals surface area contributed by atoms with Crippen molar-refractivity contribution >= 4 is 45.1 Å². The first kappa shape index (κ1) is 56.5. The number of methoxy groups -OCH3 is 2. The van der Waals surface area contributed by atoms with E-state index in [-0.39, 0.29) is 47.2 Å². The van der Waals surface area contributed by atoms with Crippen molar-refractivity contribution in [3.63, 3.8) is 0 Å². The SMILES string of the molecule is COc1ccc2c(Oc3ccc(NC(=O)c4c(C)n(CC(C)(C)O)n(-c5ccccc5)c4=O)nc3)cc[n+]([O-])c2c1.COc1ccc2c(Oc3ccc(NC(=O)c4c(C)n(C[C@@H](C)O)n(-c5ccc(F)cc5)c4=O)cc3F)ccnc2c1. The third-order valence-corrected chi connectivity index (χ3v) is 12.9. The smallest absolute Gasteiger partial charge is 0.284 e. The molecule has 0 fully saturated rings. The molecule has 0 bridgehead atoms. The molecular formula is C60H55F2N9O11. The van der Waals surface area contributed by atoms with Crippen LogP contribution in [0.5, 0.6) is 34.5 Å². The van der Waals surface area contributed by atoms with E-state index in [0.717, 1.165) is 10.8 Å². The Morgan fingerprint density at radius 3 is 1.94 bits per heavy atom. The Morgan fingerprint density at radius 2 is 1.30 bits per heavy atom. The van der Waals surface area contributed by atoms with Gasteiger partial charge in [-0.3, -0.25) is 33.5 Å². The summed E-state index contributed by atoms with van der Waals surface area (Å²) in [5.74, 6) is -0.134. The summed E-state index contributed by atoms with van der Waals surface area (Å²) >= 11 is 0. The second kappa shape index (κ2) is 23.6. The van der Waals surface area contributed by atoms with Crippen LogP contribution in [-0.4, -0.2) is 76.6 Å². The molecule has 4 N–H and O–H groups in total. The fourth-order valence-electron chi connectivity index (χ4n) is 9.05. The standard InChI is InChI=1S/C30H26F2N4O5.C30H29N5O6/c1-17(37)16-35-18(2)28(30(39)36(35)21-7-4-19(31)5-8-21)29(38)34-20-6-11-27(24(32)14-20)41-26-12-13-33-25-15-22(40-3)9-10-23(25)26;1-19-27(29(37)35(20-8-6-5-7-9-20)33(19)18-30(2,3)38)28(36)32-26-13-11-22(17-31-26)41-25-14-15-34(39)24-16-21(40-4)10-12-23(24)25/h4-15,17,37H,16H2,1-3H3,(H,34,38);5-17,38H,18H2,1-4H3,(H,31,32,36)/t17-;/m1./s1. The molecule has 0 aliphatic carbocycles. The molecule has 420 valence electrons. The number of rotatable bonds is 16. The summed E-state index contributed by atoms with van der Waals surface area (Å²) in [6, 6.07) is 34.6. The maximum atomic E-state index is 15.1. The number of hydrogen-bond acceptors (Lipinski definition) is 13. The number of fused-ring (bicyclic) bond motifs is 2. The maximum Gasteiger partial charge on any atom is 0.284 e. The average Bonchev–Trinajstić information content (AvgIpc) is 3.34. The predicted octanol–water partition coefficient (Wildman–Crippen LogP) is 9.16. The summed E-state index contributed by atoms with van der Waals surface area (Å²) < 4.78 is 57.2. The van der Waals surface area contributed by atoms with E-state index in [1.807, 2.05) is 6.07 Å². The minimum atomic E-state index is -1.14. The largest absolute Gasteiger partial charge is 0.618 e. The summed E-state index contributed by atoms with van der Waals surface area (Å²) in [5.41, 5.74) is 0.0655. The van der Waals surface area contributed by atoms with Crippen molar-refractivity contribution in [2.75, 3.05) is 24.9 Å². The van der Waals surface area contributed by atoms with Gasteiger partial charge in [0.2, 0.25) is 5.52 Å². The number of ether oxygens (including phenoxy) is 4. The van der Waals surface area contributed by atoms with Gasteiger partial charge < -0.3 is 45.0 Å². The van der Waals surface area contributed by atoms with E-state index in [4.69, 9.17) is 18.9 Å². The number of nitrogens with one attached hydrogen (secondary N) is 2. The van der Waals surface area contributed by atoms with Crippen molar-refractivity contribution in [2.24, 2.45) is 0 Å². The third kappa shape index (κ3) is 12.2. The molecule has 0 radical (unpaired) electrons. The van der Waals surface area contributed by atoms with Crippen LogP contribution in [0.3, 0.4) is 0 Å². The Balaban J connectivity index is 0.000000198. The Bertz CT molecular complexity index is 4140. The predicted molar refractivity (Wildman–Crippen MR) is 302 cm³/mol. The van der Waals surface area contributed by atoms with Crippen LogP contribution in [0.25, 0.3) is 33.2 Å². The van der Waals surface area contributed by atoms with Crippen LogP contribution >= 0.6 is 0 Å². The second-order valence-electron chi connectivity index (χ2n) is 19.5. The minimum Gasteiger partial charge on any atom is -0.618 e. The number of carbonyl (C=O) groups excluding carboxylic acids is 2. The number of aliphatic hydroxyl groups is 2. The molecule has 5 heterocycles. The Hall–Kier alpha value is -10.2. The van der Waals surface area contributed by atoms with Crippen molar-refractivity contribution in [3.05, 3.63) is 212 Å². The van der Waals surface area contributed by atoms with E-state index in [9.17, 15) is 39.0 Å². The van der Waals surface area contributed by atoms with Crippen LogP contribution in [0.15, 0.2) is 162 Å². The van der Waals surface area contributed by atoms with Gasteiger partial charge in [-0.2, -0.15) is 4.73 Å². The van der Waals surface area contributed by atoms with Crippen LogP contribution < -0.4 is 45.4 Å². The maximum absolute atomic E-state index is 15.1. The molecule has 1 atom stereocenters. The summed E-state index contributed by atoms with van der Waals surface area (Å²) in [4.78, 5) is 62.0. The van der Waals surface area contributed by atoms with E-state index < -0.39 is 46.3 Å². The first-order valence-corrected chi connectivity index (χ1v) is 25.4. The highest BCUT2D eigenvalue weighted by molar-refractivity contribution is 6.05. The molecule has 5 aromatic heterocycles. The molecule has 10 rings (SSSR count). The van der Waals surface area contributed by atoms with E-state index >= 15 is 4.39 Å². The number of halogens is 2. The Morgan fingerprint density at radius 1 is 0.695 bits per heavy atom. The molecule has 0 aliphatic heterocycles. The van der Waals surface area contributed by atoms with Gasteiger partial charge in [0.1, 0.15) is 51.5 Å². The number of aromatic nitrogens is 7. The van der Waals surface area contributed by atoms with Crippen molar-refractivity contribution in [3.8, 4) is 45.9 Å². The zero-order valence-corrected chi connectivity index (χ0v) is 45.4. The normalized spacial score (nSPS) is 11.6. The van der Waals surface area contributed by atoms with Gasteiger partial charge in [-0.1, -0.05) is 18.2 Å². The van der Waals surface area contributed by atoms with Crippen molar-refractivity contribution in [1.29, 1.82) is 0 Å². The molecule has 22 heteroatoms. The molecule has 2 amide bonds. The summed E-state index contributed by atoms with van der Waals surface area (Å²) in [5, 5.41) is 39.2. The van der Waals surface area contributed by atoms with Gasteiger partial charge in [-0.15, -0.1) is 0 Å². The Kier molecular flexibility index (Phi) is 16.3. The lowest BCUT2D eigenvalue weighted by Gasteiger charge is -2.22. The molecule has 0 saturated heterocycles. The van der Waals surface area contributed by atoms with Gasteiger partial charge in [0.15, 0.2) is 17.8 Å². The molecule has 20 nitrogen and oxygen atoms in total. The molecule has 10 aromatic rings. The molecule has 0 aliphatic rings. The third-order valence-electron chi connectivity index (χ3n) is 12.9. The van der Waals surface area contributed by atoms with Crippen LogP contribution in [-0.2, 0) is 13.1 Å². The fraction of sp³-hybridized carbons (Fsp3) is 0.183. The van der Waals surface area contributed by atoms with Crippen molar-refractivity contribution in [2.45, 2.75) is 59.4 Å². The van der Waals surface area contributed by atoms with Crippen LogP contribution in [0, 0.1) is 30.7 Å². The number of carbonyl (C=O) groups is 2. The summed E-state index contributed by atoms with van der Waals surface area (Å²) in [7, 11) is 3.07. The number of pyridine rings is 3. The van der Waals surface area contributed by atoms with Crippen molar-refractivity contribution < 1.29 is 52.3 Å². The quantitative estimate of drug-likeness (QED) is 0.0522. The zero-order chi connectivity index (χ0) is 58.6. The second-order valence-corrected chi connectivity index (χ2v) is 19.5. The number of nitrogens with zero attached hydrogens (tertiary/aromatic N) is 7. The van der Waals surface area contributed by atoms with E-state index in [1.165, 1.54) is 83.1 Å². The summed E-state index contributed by atoms with van der Waals surface area (Å²) in [6.45, 7) is 8.12. The fourth-order valence-corrected chi connectivity index (χ4v) is 9.05. The van der Waals surface area contributed by atoms with Crippen LogP contribution in [0.1, 0.15) is 52.9 Å². The number of hydrogen-bond donors (Lipinski definition) is 4. The highest BCUT2D eigenvalue weighted by atomic mass is 19.1. The molecule has 0 saturated carbocycles. The topological polar surface area (TPSA) is 242 Å². The van der Waals surface area contributed by atoms with Crippen LogP contribution in [0.4, 0.5) is 20.3 Å². The highest BCUT2D eigenvalue weighted by Gasteiger charge is 2.28. The molecule has 0 unspecified atom stereocenters. The van der Waals surface area contributed by atoms with E-state index in [1.54, 1.807) is 124 Å². The van der Waals surface area contributed by atoms with Gasteiger partial charge in [0.05, 0.1) is 84.9 Å². The lowest BCUT2D eigenvalue weighted by Crippen LogP contribution is -2.32. The van der Waals surface area contributed by atoms with Crippen LogP contribution in [0.2, 0.25) is 0 Å².